The third-order valence-corrected chi connectivity index (χ3v) is 7.90. The highest BCUT2D eigenvalue weighted by Crippen LogP contribution is 2.30. The second-order valence-corrected chi connectivity index (χ2v) is 10.6. The van der Waals surface area contributed by atoms with Crippen LogP contribution >= 0.6 is 0 Å². The highest BCUT2D eigenvalue weighted by Gasteiger charge is 2.34. The summed E-state index contributed by atoms with van der Waals surface area (Å²) in [4.78, 5) is 0.202. The number of nitrogens with one attached hydrogen (secondary N) is 1. The van der Waals surface area contributed by atoms with E-state index in [1.165, 1.54) is 0 Å². The van der Waals surface area contributed by atoms with Crippen LogP contribution in [0.3, 0.4) is 0 Å². The van der Waals surface area contributed by atoms with E-state index < -0.39 is 19.9 Å². The lowest BCUT2D eigenvalue weighted by molar-refractivity contribution is 0.262. The molecular formula is C17H28N2O4S2. The van der Waals surface area contributed by atoms with Crippen LogP contribution < -0.4 is 5.32 Å². The van der Waals surface area contributed by atoms with Gasteiger partial charge in [0.2, 0.25) is 10.0 Å². The Kier molecular flexibility index (Phi) is 6.30. The lowest BCUT2D eigenvalue weighted by atomic mass is 10.1. The summed E-state index contributed by atoms with van der Waals surface area (Å²) in [6.45, 7) is 7.28. The number of piperidine rings is 1. The van der Waals surface area contributed by atoms with Crippen LogP contribution in [0.5, 0.6) is 0 Å². The van der Waals surface area contributed by atoms with E-state index in [2.05, 4.69) is 5.32 Å². The molecule has 0 aromatic heterocycles. The molecular weight excluding hydrogens is 360 g/mol. The number of aryl methyl sites for hydroxylation is 1. The maximum atomic E-state index is 13.4. The molecule has 0 bridgehead atoms. The molecule has 25 heavy (non-hydrogen) atoms. The quantitative estimate of drug-likeness (QED) is 0.804. The van der Waals surface area contributed by atoms with Crippen molar-refractivity contribution in [2.24, 2.45) is 0 Å². The molecule has 142 valence electrons. The van der Waals surface area contributed by atoms with E-state index in [1.807, 2.05) is 6.92 Å². The monoisotopic (exact) mass is 388 g/mol. The van der Waals surface area contributed by atoms with Gasteiger partial charge < -0.3 is 5.32 Å². The second kappa shape index (κ2) is 7.73. The minimum absolute atomic E-state index is 0.0483. The van der Waals surface area contributed by atoms with E-state index in [-0.39, 0.29) is 15.8 Å². The van der Waals surface area contributed by atoms with Gasteiger partial charge in [-0.3, -0.25) is 0 Å². The Bertz CT molecular complexity index is 826. The number of hydrogen-bond acceptors (Lipinski definition) is 5. The second-order valence-electron chi connectivity index (χ2n) is 6.76. The molecule has 0 radical (unpaired) electrons. The molecule has 1 fully saturated rings. The molecule has 1 heterocycles. The summed E-state index contributed by atoms with van der Waals surface area (Å²) < 4.78 is 52.5. The average molecular weight is 389 g/mol. The molecule has 1 saturated heterocycles. The Labute approximate surface area is 151 Å². The van der Waals surface area contributed by atoms with Crippen LogP contribution in [-0.2, 0) is 19.9 Å². The minimum atomic E-state index is -3.76. The maximum absolute atomic E-state index is 13.4. The van der Waals surface area contributed by atoms with Crippen LogP contribution in [0.15, 0.2) is 21.9 Å². The molecule has 8 heteroatoms. The molecule has 0 amide bonds. The first-order valence-corrected chi connectivity index (χ1v) is 12.0. The summed E-state index contributed by atoms with van der Waals surface area (Å²) >= 11 is 0. The molecule has 6 nitrogen and oxygen atoms in total. The van der Waals surface area contributed by atoms with E-state index in [9.17, 15) is 16.8 Å². The third-order valence-electron chi connectivity index (χ3n) is 4.60. The molecule has 1 aliphatic heterocycles. The van der Waals surface area contributed by atoms with E-state index in [1.54, 1.807) is 30.3 Å². The van der Waals surface area contributed by atoms with Crippen molar-refractivity contribution in [3.8, 4) is 0 Å². The first kappa shape index (κ1) is 20.4. The van der Waals surface area contributed by atoms with E-state index >= 15 is 0 Å². The molecule has 1 aromatic carbocycles. The molecule has 0 aliphatic carbocycles. The molecule has 2 rings (SSSR count). The molecule has 0 atom stereocenters. The lowest BCUT2D eigenvalue weighted by Crippen LogP contribution is -2.46. The van der Waals surface area contributed by atoms with Gasteiger partial charge in [0.25, 0.3) is 0 Å². The van der Waals surface area contributed by atoms with Crippen LogP contribution in [0.2, 0.25) is 0 Å². The van der Waals surface area contributed by atoms with Crippen molar-refractivity contribution in [2.75, 3.05) is 25.9 Å². The van der Waals surface area contributed by atoms with Gasteiger partial charge in [-0.2, -0.15) is 4.31 Å². The summed E-state index contributed by atoms with van der Waals surface area (Å²) in [6, 6.07) is 3.08. The average Bonchev–Trinajstić information content (AvgIpc) is 2.54. The van der Waals surface area contributed by atoms with Crippen LogP contribution in [0.1, 0.15) is 37.3 Å². The topological polar surface area (TPSA) is 83.6 Å². The van der Waals surface area contributed by atoms with Gasteiger partial charge in [0.1, 0.15) is 0 Å². The lowest BCUT2D eigenvalue weighted by Gasteiger charge is -2.34. The number of benzene rings is 1. The fourth-order valence-corrected chi connectivity index (χ4v) is 6.63. The highest BCUT2D eigenvalue weighted by atomic mass is 32.2. The zero-order valence-corrected chi connectivity index (χ0v) is 17.0. The standard InChI is InChI=1S/C17H28N2O4S2/c1-5-10-19(15-6-8-18-9-7-15)25(22,23)17-12-13(2)11-16(14(17)3)24(4,20)21/h11-12,15,18H,5-10H2,1-4H3. The number of nitrogens with zero attached hydrogens (tertiary/aromatic N) is 1. The zero-order chi connectivity index (χ0) is 18.8. The van der Waals surface area contributed by atoms with Crippen LogP contribution in [0.25, 0.3) is 0 Å². The summed E-state index contributed by atoms with van der Waals surface area (Å²) in [6.07, 6.45) is 3.36. The largest absolute Gasteiger partial charge is 0.317 e. The fraction of sp³-hybridized carbons (Fsp3) is 0.647. The predicted octanol–water partition coefficient (Wildman–Crippen LogP) is 1.86. The van der Waals surface area contributed by atoms with Gasteiger partial charge >= 0.3 is 0 Å². The van der Waals surface area contributed by atoms with Crippen LogP contribution in [0.4, 0.5) is 0 Å². The first-order valence-electron chi connectivity index (χ1n) is 8.63. The van der Waals surface area contributed by atoms with Crippen molar-refractivity contribution >= 4 is 19.9 Å². The first-order chi connectivity index (χ1) is 11.6. The van der Waals surface area contributed by atoms with Crippen molar-refractivity contribution < 1.29 is 16.8 Å². The van der Waals surface area contributed by atoms with Gasteiger partial charge in [0, 0.05) is 18.8 Å². The van der Waals surface area contributed by atoms with Crippen LogP contribution in [0, 0.1) is 13.8 Å². The van der Waals surface area contributed by atoms with Gasteiger partial charge in [-0.1, -0.05) is 6.92 Å². The Hall–Kier alpha value is -0.960. The van der Waals surface area contributed by atoms with Crippen LogP contribution in [-0.4, -0.2) is 53.1 Å². The summed E-state index contributed by atoms with van der Waals surface area (Å²) in [5.74, 6) is 0. The van der Waals surface area contributed by atoms with Crippen molar-refractivity contribution in [1.29, 1.82) is 0 Å². The van der Waals surface area contributed by atoms with Crippen molar-refractivity contribution in [3.63, 3.8) is 0 Å². The van der Waals surface area contributed by atoms with Gasteiger partial charge in [-0.05, 0) is 69.5 Å². The number of sulfone groups is 1. The SMILES string of the molecule is CCCN(C1CCNCC1)S(=O)(=O)c1cc(C)cc(S(C)(=O)=O)c1C. The third kappa shape index (κ3) is 4.42. The Morgan fingerprint density at radius 3 is 2.16 bits per heavy atom. The Balaban J connectivity index is 2.58. The van der Waals surface area contributed by atoms with Crippen molar-refractivity contribution in [3.05, 3.63) is 23.3 Å². The summed E-state index contributed by atoms with van der Waals surface area (Å²) in [5, 5.41) is 3.25. The number of hydrogen-bond donors (Lipinski definition) is 1. The van der Waals surface area contributed by atoms with E-state index in [0.717, 1.165) is 32.2 Å². The zero-order valence-electron chi connectivity index (χ0n) is 15.4. The van der Waals surface area contributed by atoms with Gasteiger partial charge in [0.15, 0.2) is 9.84 Å². The molecule has 1 aromatic rings. The summed E-state index contributed by atoms with van der Waals surface area (Å²) in [5.41, 5.74) is 0.939. The maximum Gasteiger partial charge on any atom is 0.243 e. The normalized spacial score (nSPS) is 17.2. The molecule has 0 spiro atoms. The molecule has 0 saturated carbocycles. The molecule has 1 aliphatic rings. The van der Waals surface area contributed by atoms with Gasteiger partial charge in [-0.15, -0.1) is 0 Å². The predicted molar refractivity (Wildman–Crippen MR) is 99.1 cm³/mol. The number of sulfonamides is 1. The Morgan fingerprint density at radius 2 is 1.64 bits per heavy atom. The molecule has 1 N–H and O–H groups in total. The fourth-order valence-electron chi connectivity index (χ4n) is 3.39. The summed E-state index contributed by atoms with van der Waals surface area (Å²) in [7, 11) is -7.25. The van der Waals surface area contributed by atoms with Crippen molar-refractivity contribution in [2.45, 2.75) is 55.9 Å². The van der Waals surface area contributed by atoms with Gasteiger partial charge in [-0.25, -0.2) is 16.8 Å². The van der Waals surface area contributed by atoms with Gasteiger partial charge in [0.05, 0.1) is 9.79 Å². The molecule has 0 unspecified atom stereocenters. The Morgan fingerprint density at radius 1 is 1.08 bits per heavy atom. The van der Waals surface area contributed by atoms with E-state index in [4.69, 9.17) is 0 Å². The highest BCUT2D eigenvalue weighted by molar-refractivity contribution is 7.91. The van der Waals surface area contributed by atoms with E-state index in [0.29, 0.717) is 24.1 Å². The van der Waals surface area contributed by atoms with Crippen molar-refractivity contribution in [1.82, 2.24) is 9.62 Å². The smallest absolute Gasteiger partial charge is 0.243 e. The number of rotatable bonds is 6. The minimum Gasteiger partial charge on any atom is -0.317 e.